The van der Waals surface area contributed by atoms with Crippen LogP contribution in [-0.4, -0.2) is 20.3 Å². The van der Waals surface area contributed by atoms with Gasteiger partial charge in [0.15, 0.2) is 5.82 Å². The zero-order valence-corrected chi connectivity index (χ0v) is 11.8. The van der Waals surface area contributed by atoms with Crippen LogP contribution in [0.5, 0.6) is 0 Å². The van der Waals surface area contributed by atoms with Gasteiger partial charge >= 0.3 is 0 Å². The highest BCUT2D eigenvalue weighted by atomic mass is 19.3. The third kappa shape index (κ3) is 3.39. The van der Waals surface area contributed by atoms with Crippen molar-refractivity contribution < 1.29 is 8.78 Å². The molecule has 0 aromatic carbocycles. The number of nitrogens with zero attached hydrogens (tertiary/aromatic N) is 3. The molecule has 4 nitrogen and oxygen atoms in total. The first kappa shape index (κ1) is 14.6. The van der Waals surface area contributed by atoms with E-state index in [1.54, 1.807) is 24.4 Å². The Morgan fingerprint density at radius 2 is 2.05 bits per heavy atom. The van der Waals surface area contributed by atoms with Gasteiger partial charge in [-0.05, 0) is 32.9 Å². The van der Waals surface area contributed by atoms with Crippen molar-refractivity contribution in [2.45, 2.75) is 39.3 Å². The number of hydrogen-bond acceptors (Lipinski definition) is 3. The van der Waals surface area contributed by atoms with E-state index in [0.29, 0.717) is 17.9 Å². The first-order valence-electron chi connectivity index (χ1n) is 6.40. The fourth-order valence-corrected chi connectivity index (χ4v) is 1.78. The molecule has 1 N–H and O–H groups in total. The minimum absolute atomic E-state index is 0.111. The molecule has 2 rings (SSSR count). The summed E-state index contributed by atoms with van der Waals surface area (Å²) in [6, 6.07) is 5.13. The highest BCUT2D eigenvalue weighted by Crippen LogP contribution is 2.25. The molecule has 0 aliphatic heterocycles. The second kappa shape index (κ2) is 5.66. The fraction of sp³-hybridized carbons (Fsp3) is 0.429. The highest BCUT2D eigenvalue weighted by molar-refractivity contribution is 5.29. The molecular formula is C14H18F2N4. The molecular weight excluding hydrogens is 262 g/mol. The Balaban J connectivity index is 2.34. The summed E-state index contributed by atoms with van der Waals surface area (Å²) in [6.45, 7) is 6.30. The quantitative estimate of drug-likeness (QED) is 0.935. The highest BCUT2D eigenvalue weighted by Gasteiger charge is 2.22. The lowest BCUT2D eigenvalue weighted by Crippen LogP contribution is -2.35. The normalized spacial score (nSPS) is 12.1. The number of pyridine rings is 1. The molecule has 0 saturated heterocycles. The van der Waals surface area contributed by atoms with E-state index in [0.717, 1.165) is 0 Å². The van der Waals surface area contributed by atoms with Gasteiger partial charge in [-0.15, -0.1) is 0 Å². The van der Waals surface area contributed by atoms with Crippen molar-refractivity contribution >= 4 is 0 Å². The van der Waals surface area contributed by atoms with Crippen molar-refractivity contribution in [2.24, 2.45) is 0 Å². The smallest absolute Gasteiger partial charge is 0.280 e. The Labute approximate surface area is 116 Å². The summed E-state index contributed by atoms with van der Waals surface area (Å²) in [5, 5.41) is 7.23. The molecule has 0 radical (unpaired) electrons. The Kier molecular flexibility index (Phi) is 4.13. The van der Waals surface area contributed by atoms with Crippen LogP contribution in [0.3, 0.4) is 0 Å². The van der Waals surface area contributed by atoms with Crippen LogP contribution in [0.4, 0.5) is 8.78 Å². The van der Waals surface area contributed by atoms with Crippen LogP contribution in [0, 0.1) is 0 Å². The summed E-state index contributed by atoms with van der Waals surface area (Å²) in [7, 11) is 0. The molecule has 0 bridgehead atoms. The SMILES string of the molecule is CC(C)(C)NCc1cnn(-c2ccccn2)c1C(F)F. The van der Waals surface area contributed by atoms with Crippen LogP contribution in [-0.2, 0) is 6.54 Å². The summed E-state index contributed by atoms with van der Waals surface area (Å²) >= 11 is 0. The monoisotopic (exact) mass is 280 g/mol. The van der Waals surface area contributed by atoms with E-state index in [2.05, 4.69) is 15.4 Å². The maximum Gasteiger partial charge on any atom is 0.280 e. The second-order valence-corrected chi connectivity index (χ2v) is 5.56. The van der Waals surface area contributed by atoms with Crippen LogP contribution < -0.4 is 5.32 Å². The predicted molar refractivity (Wildman–Crippen MR) is 72.9 cm³/mol. The molecule has 2 heterocycles. The number of hydrogen-bond donors (Lipinski definition) is 1. The van der Waals surface area contributed by atoms with Gasteiger partial charge in [-0.3, -0.25) is 0 Å². The van der Waals surface area contributed by atoms with Crippen LogP contribution >= 0.6 is 0 Å². The van der Waals surface area contributed by atoms with Crippen LogP contribution in [0.15, 0.2) is 30.6 Å². The molecule has 6 heteroatoms. The van der Waals surface area contributed by atoms with Crippen molar-refractivity contribution in [2.75, 3.05) is 0 Å². The van der Waals surface area contributed by atoms with Crippen molar-refractivity contribution in [1.82, 2.24) is 20.1 Å². The molecule has 0 fully saturated rings. The summed E-state index contributed by atoms with van der Waals surface area (Å²) in [4.78, 5) is 4.06. The van der Waals surface area contributed by atoms with E-state index in [4.69, 9.17) is 0 Å². The van der Waals surface area contributed by atoms with E-state index in [1.165, 1.54) is 10.9 Å². The summed E-state index contributed by atoms with van der Waals surface area (Å²) in [5.41, 5.74) is 0.230. The standard InChI is InChI=1S/C14H18F2N4/c1-14(2,3)18-8-10-9-19-20(12(10)13(15)16)11-6-4-5-7-17-11/h4-7,9,13,18H,8H2,1-3H3. The largest absolute Gasteiger partial charge is 0.308 e. The van der Waals surface area contributed by atoms with E-state index < -0.39 is 6.43 Å². The Morgan fingerprint density at radius 1 is 1.30 bits per heavy atom. The molecule has 0 spiro atoms. The lowest BCUT2D eigenvalue weighted by atomic mass is 10.1. The minimum atomic E-state index is -2.60. The van der Waals surface area contributed by atoms with Gasteiger partial charge in [-0.25, -0.2) is 18.4 Å². The van der Waals surface area contributed by atoms with Crippen LogP contribution in [0.2, 0.25) is 0 Å². The van der Waals surface area contributed by atoms with Gasteiger partial charge in [0, 0.05) is 23.8 Å². The Hall–Kier alpha value is -1.82. The van der Waals surface area contributed by atoms with Crippen molar-refractivity contribution in [3.05, 3.63) is 41.9 Å². The molecule has 2 aromatic rings. The number of rotatable bonds is 4. The summed E-state index contributed by atoms with van der Waals surface area (Å²) < 4.78 is 27.8. The van der Waals surface area contributed by atoms with Crippen molar-refractivity contribution in [3.8, 4) is 5.82 Å². The average Bonchev–Trinajstić information content (AvgIpc) is 2.80. The van der Waals surface area contributed by atoms with E-state index in [-0.39, 0.29) is 11.2 Å². The number of alkyl halides is 2. The van der Waals surface area contributed by atoms with Gasteiger partial charge in [0.25, 0.3) is 6.43 Å². The van der Waals surface area contributed by atoms with E-state index in [1.807, 2.05) is 20.8 Å². The number of halogens is 2. The molecule has 2 aromatic heterocycles. The van der Waals surface area contributed by atoms with Gasteiger partial charge in [0.05, 0.1) is 6.20 Å². The van der Waals surface area contributed by atoms with Crippen molar-refractivity contribution in [1.29, 1.82) is 0 Å². The Morgan fingerprint density at radius 3 is 2.60 bits per heavy atom. The minimum Gasteiger partial charge on any atom is -0.308 e. The molecule has 0 amide bonds. The molecule has 0 atom stereocenters. The second-order valence-electron chi connectivity index (χ2n) is 5.56. The Bertz CT molecular complexity index is 558. The van der Waals surface area contributed by atoms with Crippen molar-refractivity contribution in [3.63, 3.8) is 0 Å². The third-order valence-corrected chi connectivity index (χ3v) is 2.77. The summed E-state index contributed by atoms with van der Waals surface area (Å²) in [6.07, 6.45) is 0.421. The molecule has 20 heavy (non-hydrogen) atoms. The lowest BCUT2D eigenvalue weighted by Gasteiger charge is -2.20. The zero-order chi connectivity index (χ0) is 14.8. The maximum absolute atomic E-state index is 13.3. The van der Waals surface area contributed by atoms with E-state index in [9.17, 15) is 8.78 Å². The maximum atomic E-state index is 13.3. The van der Waals surface area contributed by atoms with Gasteiger partial charge in [0.2, 0.25) is 0 Å². The number of nitrogens with one attached hydrogen (secondary N) is 1. The molecule has 0 aliphatic carbocycles. The number of aromatic nitrogens is 3. The summed E-state index contributed by atoms with van der Waals surface area (Å²) in [5.74, 6) is 0.393. The van der Waals surface area contributed by atoms with Crippen LogP contribution in [0.1, 0.15) is 38.5 Å². The molecule has 0 unspecified atom stereocenters. The topological polar surface area (TPSA) is 42.7 Å². The molecule has 0 saturated carbocycles. The predicted octanol–water partition coefficient (Wildman–Crippen LogP) is 3.09. The van der Waals surface area contributed by atoms with Gasteiger partial charge in [0.1, 0.15) is 5.69 Å². The third-order valence-electron chi connectivity index (χ3n) is 2.77. The van der Waals surface area contributed by atoms with Gasteiger partial charge in [-0.2, -0.15) is 5.10 Å². The molecule has 108 valence electrons. The zero-order valence-electron chi connectivity index (χ0n) is 11.8. The van der Waals surface area contributed by atoms with Gasteiger partial charge in [-0.1, -0.05) is 6.07 Å². The fourth-order valence-electron chi connectivity index (χ4n) is 1.78. The first-order valence-corrected chi connectivity index (χ1v) is 6.40. The van der Waals surface area contributed by atoms with Crippen LogP contribution in [0.25, 0.3) is 5.82 Å². The molecule has 0 aliphatic rings. The van der Waals surface area contributed by atoms with E-state index >= 15 is 0 Å². The average molecular weight is 280 g/mol. The lowest BCUT2D eigenvalue weighted by molar-refractivity contribution is 0.141. The van der Waals surface area contributed by atoms with Gasteiger partial charge < -0.3 is 5.32 Å². The first-order chi connectivity index (χ1) is 9.38.